The van der Waals surface area contributed by atoms with Crippen molar-refractivity contribution in [1.29, 1.82) is 10.5 Å². The molecule has 0 bridgehead atoms. The number of nitrogens with zero attached hydrogens (tertiary/aromatic N) is 4. The third-order valence-electron chi connectivity index (χ3n) is 10.0. The van der Waals surface area contributed by atoms with E-state index in [1.54, 1.807) is 0 Å². The van der Waals surface area contributed by atoms with E-state index in [2.05, 4.69) is 169 Å². The smallest absolute Gasteiger partial charge is 0.109 e. The Labute approximate surface area is 336 Å². The summed E-state index contributed by atoms with van der Waals surface area (Å²) in [6, 6.07) is 59.6. The van der Waals surface area contributed by atoms with Crippen LogP contribution in [0.15, 0.2) is 158 Å². The Morgan fingerprint density at radius 1 is 0.500 bits per heavy atom. The fraction of sp³-hybridized carbons (Fsp3) is 0.120. The topological polar surface area (TPSA) is 54.1 Å². The van der Waals surface area contributed by atoms with Gasteiger partial charge in [-0.1, -0.05) is 91.6 Å². The van der Waals surface area contributed by atoms with E-state index in [-0.39, 0.29) is 0 Å². The lowest BCUT2D eigenvalue weighted by molar-refractivity contribution is 1.15. The predicted octanol–water partition coefficient (Wildman–Crippen LogP) is 12.2. The lowest BCUT2D eigenvalue weighted by atomic mass is 10.0. The molecule has 0 aliphatic carbocycles. The molecule has 0 atom stereocenters. The summed E-state index contributed by atoms with van der Waals surface area (Å²) in [6.07, 6.45) is 7.59. The minimum atomic E-state index is -1.44. The van der Waals surface area contributed by atoms with Gasteiger partial charge in [-0.2, -0.15) is 10.5 Å². The maximum absolute atomic E-state index is 9.43. The van der Waals surface area contributed by atoms with Crippen LogP contribution in [-0.2, 0) is 18.2 Å². The molecule has 0 saturated heterocycles. The van der Waals surface area contributed by atoms with Crippen molar-refractivity contribution in [2.75, 3.05) is 21.8 Å². The minimum absolute atomic E-state index is 0.644. The van der Waals surface area contributed by atoms with Crippen LogP contribution < -0.4 is 15.0 Å². The normalized spacial score (nSPS) is 11.3. The third kappa shape index (κ3) is 8.80. The molecule has 0 radical (unpaired) electrons. The van der Waals surface area contributed by atoms with Crippen LogP contribution in [0.1, 0.15) is 27.8 Å². The Bertz CT molecular complexity index is 2540. The summed E-state index contributed by atoms with van der Waals surface area (Å²) in [6.45, 7) is 7.10. The summed E-state index contributed by atoms with van der Waals surface area (Å²) in [5.41, 5.74) is 11.2. The van der Waals surface area contributed by atoms with E-state index in [1.165, 1.54) is 27.9 Å². The number of anilines is 6. The van der Waals surface area contributed by atoms with Gasteiger partial charge >= 0.3 is 0 Å². The second kappa shape index (κ2) is 17.0. The molecule has 7 aromatic rings. The summed E-state index contributed by atoms with van der Waals surface area (Å²) in [7, 11) is -1.44. The van der Waals surface area contributed by atoms with Crippen LogP contribution in [0.5, 0.6) is 0 Å². The average molecular weight is 762 g/mol. The van der Waals surface area contributed by atoms with E-state index in [1.807, 2.05) is 48.5 Å². The molecular formula is C50H45N4SSi+. The highest BCUT2D eigenvalue weighted by Gasteiger charge is 2.19. The molecule has 0 N–H and O–H groups in total. The molecule has 56 heavy (non-hydrogen) atoms. The van der Waals surface area contributed by atoms with E-state index in [9.17, 15) is 10.5 Å². The van der Waals surface area contributed by atoms with Gasteiger partial charge in [0, 0.05) is 40.5 Å². The molecule has 0 spiro atoms. The standard InChI is InChI=1S/C50H44N4SSi/c1-55-32-31-38-10-20-45(21-11-38)53(46-22-12-40(35-51)13-23-46)44-18-8-37(9-19-44)5-6-39-7-16-43-34-49(26-17-42(43)33-39)54(47-24-14-41(36-52)15-25-47)48-27-29-50(30-28-48)56(2,3)4/h5-30,33-34H,31-32H2,1-4H3/p+1/b6-5+. The van der Waals surface area contributed by atoms with Gasteiger partial charge in [-0.3, -0.25) is 0 Å². The Kier molecular flexibility index (Phi) is 11.5. The first-order chi connectivity index (χ1) is 27.2. The number of nitriles is 2. The SMILES string of the molecule is C[SH+]CCc1ccc(N(c2ccc(C#N)cc2)c2ccc(/C=C/c3ccc4cc(N(c5ccc(C#N)cc5)c5ccc([Si](C)(C)C)cc5)ccc4c3)cc2)cc1. The summed E-state index contributed by atoms with van der Waals surface area (Å²) in [5, 5.41) is 22.6. The highest BCUT2D eigenvalue weighted by Crippen LogP contribution is 2.37. The summed E-state index contributed by atoms with van der Waals surface area (Å²) < 4.78 is 0. The van der Waals surface area contributed by atoms with Gasteiger partial charge in [-0.15, -0.1) is 0 Å². The fourth-order valence-corrected chi connectivity index (χ4v) is 8.50. The Balaban J connectivity index is 1.13. The summed E-state index contributed by atoms with van der Waals surface area (Å²) in [4.78, 5) is 4.50. The second-order valence-corrected chi connectivity index (χ2v) is 21.1. The first-order valence-electron chi connectivity index (χ1n) is 18.9. The Morgan fingerprint density at radius 3 is 1.43 bits per heavy atom. The maximum atomic E-state index is 9.43. The summed E-state index contributed by atoms with van der Waals surface area (Å²) >= 11 is 1.41. The van der Waals surface area contributed by atoms with Gasteiger partial charge in [0.1, 0.15) is 5.75 Å². The third-order valence-corrected chi connectivity index (χ3v) is 12.8. The van der Waals surface area contributed by atoms with Crippen molar-refractivity contribution in [3.63, 3.8) is 0 Å². The van der Waals surface area contributed by atoms with Crippen LogP contribution in [-0.4, -0.2) is 20.1 Å². The zero-order chi connectivity index (χ0) is 39.1. The van der Waals surface area contributed by atoms with Crippen molar-refractivity contribution >= 4 is 82.1 Å². The van der Waals surface area contributed by atoms with Crippen LogP contribution in [0.25, 0.3) is 22.9 Å². The van der Waals surface area contributed by atoms with E-state index in [0.717, 1.165) is 62.8 Å². The first-order valence-corrected chi connectivity index (χ1v) is 23.9. The fourth-order valence-electron chi connectivity index (χ4n) is 6.85. The maximum Gasteiger partial charge on any atom is 0.109 e. The van der Waals surface area contributed by atoms with Crippen LogP contribution in [0, 0.1) is 22.7 Å². The molecule has 6 heteroatoms. The monoisotopic (exact) mass is 761 g/mol. The summed E-state index contributed by atoms with van der Waals surface area (Å²) in [5.74, 6) is 1.15. The molecule has 0 saturated carbocycles. The number of rotatable bonds is 12. The number of hydrogen-bond donors (Lipinski definition) is 0. The minimum Gasteiger partial charge on any atom is -0.311 e. The second-order valence-electron chi connectivity index (χ2n) is 15.0. The Morgan fingerprint density at radius 2 is 0.911 bits per heavy atom. The molecule has 0 aromatic heterocycles. The van der Waals surface area contributed by atoms with Crippen LogP contribution >= 0.6 is 0 Å². The molecule has 0 aliphatic rings. The van der Waals surface area contributed by atoms with Gasteiger partial charge < -0.3 is 9.80 Å². The van der Waals surface area contributed by atoms with Crippen molar-refractivity contribution in [2.45, 2.75) is 26.1 Å². The lowest BCUT2D eigenvalue weighted by Gasteiger charge is -2.27. The van der Waals surface area contributed by atoms with E-state index < -0.39 is 8.07 Å². The van der Waals surface area contributed by atoms with Crippen molar-refractivity contribution in [3.05, 3.63) is 186 Å². The quantitative estimate of drug-likeness (QED) is 0.0538. The number of benzene rings is 7. The average Bonchev–Trinajstić information content (AvgIpc) is 3.23. The van der Waals surface area contributed by atoms with Gasteiger partial charge in [0.05, 0.1) is 37.6 Å². The largest absolute Gasteiger partial charge is 0.311 e. The molecular weight excluding hydrogens is 717 g/mol. The predicted molar refractivity (Wildman–Crippen MR) is 244 cm³/mol. The van der Waals surface area contributed by atoms with Crippen molar-refractivity contribution < 1.29 is 0 Å². The van der Waals surface area contributed by atoms with Gasteiger partial charge in [0.15, 0.2) is 0 Å². The van der Waals surface area contributed by atoms with E-state index in [4.69, 9.17) is 0 Å². The zero-order valence-corrected chi connectivity index (χ0v) is 34.2. The molecule has 0 unspecified atom stereocenters. The van der Waals surface area contributed by atoms with Gasteiger partial charge in [0.25, 0.3) is 0 Å². The first kappa shape index (κ1) is 38.0. The Hall–Kier alpha value is -6.31. The highest BCUT2D eigenvalue weighted by molar-refractivity contribution is 7.77. The van der Waals surface area contributed by atoms with Crippen molar-refractivity contribution in [3.8, 4) is 12.1 Å². The van der Waals surface area contributed by atoms with Crippen LogP contribution in [0.2, 0.25) is 19.6 Å². The number of thiol groups is 1. The molecule has 7 rings (SSSR count). The molecule has 7 aromatic carbocycles. The van der Waals surface area contributed by atoms with Gasteiger partial charge in [0.2, 0.25) is 0 Å². The van der Waals surface area contributed by atoms with Crippen molar-refractivity contribution in [2.24, 2.45) is 0 Å². The van der Waals surface area contributed by atoms with Gasteiger partial charge in [-0.25, -0.2) is 0 Å². The molecule has 0 heterocycles. The highest BCUT2D eigenvalue weighted by atomic mass is 32.2. The number of hydrogen-bond acceptors (Lipinski definition) is 4. The molecule has 274 valence electrons. The van der Waals surface area contributed by atoms with Crippen LogP contribution in [0.4, 0.5) is 34.1 Å². The van der Waals surface area contributed by atoms with Crippen molar-refractivity contribution in [1.82, 2.24) is 0 Å². The molecule has 0 aliphatic heterocycles. The number of aryl methyl sites for hydroxylation is 1. The van der Waals surface area contributed by atoms with Crippen LogP contribution in [0.3, 0.4) is 0 Å². The van der Waals surface area contributed by atoms with Gasteiger partial charge in [-0.05, 0) is 142 Å². The molecule has 0 fully saturated rings. The molecule has 0 amide bonds. The zero-order valence-electron chi connectivity index (χ0n) is 32.3. The molecule has 4 nitrogen and oxygen atoms in total. The number of fused-ring (bicyclic) bond motifs is 1. The lowest BCUT2D eigenvalue weighted by Crippen LogP contribution is -2.37. The van der Waals surface area contributed by atoms with E-state index in [0.29, 0.717) is 11.1 Å². The van der Waals surface area contributed by atoms with E-state index >= 15 is 0 Å².